The van der Waals surface area contributed by atoms with Crippen LogP contribution in [-0.2, 0) is 6.54 Å². The third kappa shape index (κ3) is 5.58. The minimum atomic E-state index is 0.822. The molecule has 2 aromatic rings. The highest BCUT2D eigenvalue weighted by Crippen LogP contribution is 2.14. The number of anilines is 1. The first-order valence-electron chi connectivity index (χ1n) is 7.66. The van der Waals surface area contributed by atoms with Crippen molar-refractivity contribution in [3.63, 3.8) is 0 Å². The lowest BCUT2D eigenvalue weighted by atomic mass is 10.1. The number of unbranched alkanes of at least 4 members (excludes halogenated alkanes) is 1. The lowest BCUT2D eigenvalue weighted by molar-refractivity contribution is 0.321. The fourth-order valence-corrected chi connectivity index (χ4v) is 2.73. The van der Waals surface area contributed by atoms with Crippen molar-refractivity contribution in [2.45, 2.75) is 33.2 Å². The number of nitrogens with one attached hydrogen (secondary N) is 1. The van der Waals surface area contributed by atoms with E-state index in [4.69, 9.17) is 0 Å². The predicted molar refractivity (Wildman–Crippen MR) is 95.8 cm³/mol. The van der Waals surface area contributed by atoms with E-state index in [1.54, 1.807) is 11.3 Å². The number of hydrogen-bond acceptors (Lipinski definition) is 5. The van der Waals surface area contributed by atoms with Crippen LogP contribution in [0.1, 0.15) is 36.6 Å². The molecule has 0 amide bonds. The molecular weight excluding hydrogens is 292 g/mol. The van der Waals surface area contributed by atoms with Gasteiger partial charge < -0.3 is 4.90 Å². The zero-order valence-electron chi connectivity index (χ0n) is 13.5. The second-order valence-corrected chi connectivity index (χ2v) is 6.36. The van der Waals surface area contributed by atoms with Gasteiger partial charge in [0.15, 0.2) is 0 Å². The molecular formula is C17H24N4S. The van der Waals surface area contributed by atoms with Gasteiger partial charge in [0.05, 0.1) is 11.9 Å². The van der Waals surface area contributed by atoms with Crippen LogP contribution in [0.15, 0.2) is 34.7 Å². The molecule has 0 fully saturated rings. The fourth-order valence-electron chi connectivity index (χ4n) is 2.10. The van der Waals surface area contributed by atoms with E-state index in [1.807, 2.05) is 18.5 Å². The quantitative estimate of drug-likeness (QED) is 0.588. The molecule has 2 rings (SSSR count). The first kappa shape index (κ1) is 16.6. The van der Waals surface area contributed by atoms with Gasteiger partial charge in [0, 0.05) is 11.9 Å². The number of hydrazone groups is 1. The SMILES string of the molecule is CCCCN(C)Cc1ccc(C=NNc2nc(C)cs2)cc1. The zero-order valence-corrected chi connectivity index (χ0v) is 14.4. The van der Waals surface area contributed by atoms with Crippen molar-refractivity contribution < 1.29 is 0 Å². The fraction of sp³-hybridized carbons (Fsp3) is 0.412. The van der Waals surface area contributed by atoms with Gasteiger partial charge in [0.2, 0.25) is 5.13 Å². The Morgan fingerprint density at radius 3 is 2.73 bits per heavy atom. The van der Waals surface area contributed by atoms with Gasteiger partial charge in [-0.2, -0.15) is 5.10 Å². The monoisotopic (exact) mass is 316 g/mol. The van der Waals surface area contributed by atoms with Crippen molar-refractivity contribution in [1.29, 1.82) is 0 Å². The van der Waals surface area contributed by atoms with Gasteiger partial charge >= 0.3 is 0 Å². The van der Waals surface area contributed by atoms with Gasteiger partial charge in [-0.15, -0.1) is 11.3 Å². The molecule has 1 N–H and O–H groups in total. The number of hydrogen-bond donors (Lipinski definition) is 1. The molecule has 4 nitrogen and oxygen atoms in total. The zero-order chi connectivity index (χ0) is 15.8. The normalized spacial score (nSPS) is 11.5. The molecule has 0 unspecified atom stereocenters. The van der Waals surface area contributed by atoms with Crippen molar-refractivity contribution in [3.8, 4) is 0 Å². The van der Waals surface area contributed by atoms with E-state index in [-0.39, 0.29) is 0 Å². The Balaban J connectivity index is 1.83. The van der Waals surface area contributed by atoms with Crippen LogP contribution in [-0.4, -0.2) is 29.7 Å². The summed E-state index contributed by atoms with van der Waals surface area (Å²) >= 11 is 1.56. The second kappa shape index (κ2) is 8.66. The number of aryl methyl sites for hydroxylation is 1. The van der Waals surface area contributed by atoms with Gasteiger partial charge in [0.1, 0.15) is 0 Å². The summed E-state index contributed by atoms with van der Waals surface area (Å²) in [6.07, 6.45) is 4.32. The Kier molecular flexibility index (Phi) is 6.55. The average Bonchev–Trinajstić information content (AvgIpc) is 2.92. The van der Waals surface area contributed by atoms with Crippen LogP contribution in [0.3, 0.4) is 0 Å². The minimum Gasteiger partial charge on any atom is -0.302 e. The highest BCUT2D eigenvalue weighted by Gasteiger charge is 2.00. The Bertz CT molecular complexity index is 589. The summed E-state index contributed by atoms with van der Waals surface area (Å²) in [5.74, 6) is 0. The Labute approximate surface area is 136 Å². The summed E-state index contributed by atoms with van der Waals surface area (Å²) in [5.41, 5.74) is 6.38. The topological polar surface area (TPSA) is 40.5 Å². The van der Waals surface area contributed by atoms with Crippen molar-refractivity contribution >= 4 is 22.7 Å². The van der Waals surface area contributed by atoms with Gasteiger partial charge in [-0.25, -0.2) is 4.98 Å². The van der Waals surface area contributed by atoms with Crippen LogP contribution >= 0.6 is 11.3 Å². The number of benzene rings is 1. The summed E-state index contributed by atoms with van der Waals surface area (Å²) in [5, 5.41) is 7.04. The molecule has 0 aliphatic rings. The van der Waals surface area contributed by atoms with Crippen LogP contribution in [0.25, 0.3) is 0 Å². The highest BCUT2D eigenvalue weighted by atomic mass is 32.1. The van der Waals surface area contributed by atoms with Crippen LogP contribution in [0.2, 0.25) is 0 Å². The van der Waals surface area contributed by atoms with E-state index in [9.17, 15) is 0 Å². The standard InChI is InChI=1S/C17H24N4S/c1-4-5-10-21(3)12-16-8-6-15(7-9-16)11-18-20-17-19-14(2)13-22-17/h6-9,11,13H,4-5,10,12H2,1-3H3,(H,19,20). The Morgan fingerprint density at radius 2 is 2.09 bits per heavy atom. The third-order valence-corrected chi connectivity index (χ3v) is 4.18. The molecule has 0 atom stereocenters. The molecule has 0 radical (unpaired) electrons. The minimum absolute atomic E-state index is 0.822. The van der Waals surface area contributed by atoms with Gasteiger partial charge in [-0.05, 0) is 38.1 Å². The van der Waals surface area contributed by atoms with Crippen LogP contribution in [0, 0.1) is 6.92 Å². The van der Waals surface area contributed by atoms with Gasteiger partial charge in [-0.1, -0.05) is 37.6 Å². The molecule has 0 spiro atoms. The van der Waals surface area contributed by atoms with E-state index in [1.165, 1.54) is 18.4 Å². The first-order chi connectivity index (χ1) is 10.7. The van der Waals surface area contributed by atoms with E-state index in [0.717, 1.165) is 29.5 Å². The largest absolute Gasteiger partial charge is 0.302 e. The summed E-state index contributed by atoms with van der Waals surface area (Å²) in [6.45, 7) is 6.34. The summed E-state index contributed by atoms with van der Waals surface area (Å²) in [4.78, 5) is 6.66. The van der Waals surface area contributed by atoms with E-state index < -0.39 is 0 Å². The molecule has 5 heteroatoms. The molecule has 0 saturated carbocycles. The Morgan fingerprint density at radius 1 is 1.32 bits per heavy atom. The maximum absolute atomic E-state index is 4.30. The van der Waals surface area contributed by atoms with Crippen molar-refractivity contribution in [1.82, 2.24) is 9.88 Å². The van der Waals surface area contributed by atoms with Crippen LogP contribution in [0.5, 0.6) is 0 Å². The molecule has 118 valence electrons. The number of rotatable bonds is 8. The van der Waals surface area contributed by atoms with E-state index >= 15 is 0 Å². The molecule has 0 aliphatic carbocycles. The summed E-state index contributed by atoms with van der Waals surface area (Å²) in [7, 11) is 2.17. The molecule has 1 aromatic carbocycles. The molecule has 0 saturated heterocycles. The van der Waals surface area contributed by atoms with Crippen molar-refractivity contribution in [2.24, 2.45) is 5.10 Å². The molecule has 1 aromatic heterocycles. The molecule has 22 heavy (non-hydrogen) atoms. The molecule has 0 bridgehead atoms. The molecule has 0 aliphatic heterocycles. The lowest BCUT2D eigenvalue weighted by Gasteiger charge is -2.16. The number of nitrogens with zero attached hydrogens (tertiary/aromatic N) is 3. The number of thiazole rings is 1. The molecule has 1 heterocycles. The van der Waals surface area contributed by atoms with E-state index in [0.29, 0.717) is 0 Å². The highest BCUT2D eigenvalue weighted by molar-refractivity contribution is 7.13. The third-order valence-electron chi connectivity index (χ3n) is 3.32. The summed E-state index contributed by atoms with van der Waals surface area (Å²) in [6, 6.07) is 8.53. The first-order valence-corrected chi connectivity index (χ1v) is 8.54. The smallest absolute Gasteiger partial charge is 0.203 e. The lowest BCUT2D eigenvalue weighted by Crippen LogP contribution is -2.18. The number of aromatic nitrogens is 1. The van der Waals surface area contributed by atoms with Crippen LogP contribution in [0.4, 0.5) is 5.13 Å². The summed E-state index contributed by atoms with van der Waals surface area (Å²) < 4.78 is 0. The Hall–Kier alpha value is -1.72. The van der Waals surface area contributed by atoms with Crippen LogP contribution < -0.4 is 5.43 Å². The van der Waals surface area contributed by atoms with Gasteiger partial charge in [-0.3, -0.25) is 5.43 Å². The predicted octanol–water partition coefficient (Wildman–Crippen LogP) is 4.13. The van der Waals surface area contributed by atoms with E-state index in [2.05, 4.69) is 58.6 Å². The maximum atomic E-state index is 4.30. The van der Waals surface area contributed by atoms with Crippen molar-refractivity contribution in [3.05, 3.63) is 46.5 Å². The average molecular weight is 316 g/mol. The van der Waals surface area contributed by atoms with Crippen molar-refractivity contribution in [2.75, 3.05) is 19.0 Å². The second-order valence-electron chi connectivity index (χ2n) is 5.50. The van der Waals surface area contributed by atoms with Gasteiger partial charge in [0.25, 0.3) is 0 Å². The maximum Gasteiger partial charge on any atom is 0.203 e.